The van der Waals surface area contributed by atoms with Crippen molar-refractivity contribution in [3.63, 3.8) is 0 Å². The van der Waals surface area contributed by atoms with Gasteiger partial charge in [-0.1, -0.05) is 23.7 Å². The van der Waals surface area contributed by atoms with Gasteiger partial charge in [0.05, 0.1) is 10.7 Å². The first-order valence-corrected chi connectivity index (χ1v) is 5.55. The molecule has 0 amide bonds. The van der Waals surface area contributed by atoms with Gasteiger partial charge in [0.15, 0.2) is 12.5 Å². The highest BCUT2D eigenvalue weighted by molar-refractivity contribution is 6.33. The Morgan fingerprint density at radius 3 is 2.82 bits per heavy atom. The number of rotatable bonds is 3. The molecule has 0 saturated heterocycles. The van der Waals surface area contributed by atoms with Crippen LogP contribution in [-0.4, -0.2) is 19.6 Å². The fraction of sp³-hybridized carbons (Fsp3) is 0.154. The third kappa shape index (κ3) is 2.25. The summed E-state index contributed by atoms with van der Waals surface area (Å²) in [6.45, 7) is 0. The lowest BCUT2D eigenvalue weighted by molar-refractivity contribution is -0.106. The average molecular weight is 250 g/mol. The van der Waals surface area contributed by atoms with Gasteiger partial charge in [-0.3, -0.25) is 4.79 Å². The largest absolute Gasteiger partial charge is 0.357 e. The zero-order valence-electron chi connectivity index (χ0n) is 9.34. The highest BCUT2D eigenvalue weighted by Gasteiger charge is 2.23. The summed E-state index contributed by atoms with van der Waals surface area (Å²) in [7, 11) is 1.56. The topological polar surface area (TPSA) is 29.5 Å². The minimum Gasteiger partial charge on any atom is -0.357 e. The molecule has 1 aromatic rings. The van der Waals surface area contributed by atoms with E-state index in [1.54, 1.807) is 25.3 Å². The Bertz CT molecular complexity index is 482. The fourth-order valence-corrected chi connectivity index (χ4v) is 2.02. The molecule has 1 aliphatic heterocycles. The number of ether oxygens (including phenoxy) is 1. The third-order valence-electron chi connectivity index (χ3n) is 2.56. The lowest BCUT2D eigenvalue weighted by Gasteiger charge is -2.32. The number of benzene rings is 1. The smallest absolute Gasteiger partial charge is 0.162 e. The molecule has 0 radical (unpaired) electrons. The molecule has 0 fully saturated rings. The molecule has 1 aromatic carbocycles. The van der Waals surface area contributed by atoms with E-state index in [1.807, 2.05) is 29.3 Å². The Morgan fingerprint density at radius 1 is 1.41 bits per heavy atom. The van der Waals surface area contributed by atoms with Gasteiger partial charge in [-0.2, -0.15) is 0 Å². The van der Waals surface area contributed by atoms with Gasteiger partial charge in [0, 0.05) is 18.9 Å². The SMILES string of the molecule is COC1C(C=O)=CC=CN1c1ccccc1Cl. The number of anilines is 1. The van der Waals surface area contributed by atoms with Crippen molar-refractivity contribution >= 4 is 23.6 Å². The van der Waals surface area contributed by atoms with Crippen molar-refractivity contribution in [2.45, 2.75) is 6.23 Å². The predicted octanol–water partition coefficient (Wildman–Crippen LogP) is 2.77. The van der Waals surface area contributed by atoms with Crippen LogP contribution in [0.2, 0.25) is 5.02 Å². The summed E-state index contributed by atoms with van der Waals surface area (Å²) in [5.74, 6) is 0. The maximum atomic E-state index is 10.9. The van der Waals surface area contributed by atoms with Crippen LogP contribution in [0.15, 0.2) is 48.2 Å². The van der Waals surface area contributed by atoms with Crippen LogP contribution in [0.25, 0.3) is 0 Å². The van der Waals surface area contributed by atoms with Gasteiger partial charge in [-0.25, -0.2) is 0 Å². The van der Waals surface area contributed by atoms with E-state index < -0.39 is 6.23 Å². The summed E-state index contributed by atoms with van der Waals surface area (Å²) in [4.78, 5) is 12.8. The van der Waals surface area contributed by atoms with E-state index in [9.17, 15) is 4.79 Å². The number of carbonyl (C=O) groups is 1. The molecule has 0 aromatic heterocycles. The maximum absolute atomic E-state index is 10.9. The van der Waals surface area contributed by atoms with Crippen molar-refractivity contribution in [2.75, 3.05) is 12.0 Å². The summed E-state index contributed by atoms with van der Waals surface area (Å²) in [5, 5.41) is 0.617. The van der Waals surface area contributed by atoms with E-state index in [0.717, 1.165) is 12.0 Å². The Hall–Kier alpha value is -1.58. The van der Waals surface area contributed by atoms with Gasteiger partial charge < -0.3 is 9.64 Å². The second-order valence-corrected chi connectivity index (χ2v) is 3.98. The molecule has 0 bridgehead atoms. The number of allylic oxidation sites excluding steroid dienone is 2. The van der Waals surface area contributed by atoms with Crippen LogP contribution in [0.1, 0.15) is 0 Å². The highest BCUT2D eigenvalue weighted by Crippen LogP contribution is 2.30. The standard InChI is InChI=1S/C13H12ClNO2/c1-17-13-10(9-16)5-4-8-15(13)12-7-3-2-6-11(12)14/h2-9,13H,1H3. The zero-order valence-corrected chi connectivity index (χ0v) is 10.1. The van der Waals surface area contributed by atoms with Gasteiger partial charge in [-0.15, -0.1) is 0 Å². The van der Waals surface area contributed by atoms with E-state index in [4.69, 9.17) is 16.3 Å². The van der Waals surface area contributed by atoms with E-state index >= 15 is 0 Å². The van der Waals surface area contributed by atoms with Crippen LogP contribution in [0.3, 0.4) is 0 Å². The summed E-state index contributed by atoms with van der Waals surface area (Å²) in [6.07, 6.45) is 5.72. The Morgan fingerprint density at radius 2 is 2.18 bits per heavy atom. The molecule has 88 valence electrons. The number of hydrogen-bond donors (Lipinski definition) is 0. The van der Waals surface area contributed by atoms with E-state index in [0.29, 0.717) is 10.6 Å². The molecule has 1 heterocycles. The van der Waals surface area contributed by atoms with Crippen LogP contribution in [-0.2, 0) is 9.53 Å². The number of halogens is 1. The quantitative estimate of drug-likeness (QED) is 0.772. The molecule has 0 N–H and O–H groups in total. The first-order chi connectivity index (χ1) is 8.27. The summed E-state index contributed by atoms with van der Waals surface area (Å²) in [6, 6.07) is 7.43. The predicted molar refractivity (Wildman–Crippen MR) is 68.0 cm³/mol. The molecule has 3 nitrogen and oxygen atoms in total. The number of hydrogen-bond acceptors (Lipinski definition) is 3. The second-order valence-electron chi connectivity index (χ2n) is 3.57. The molecule has 0 spiro atoms. The molecule has 0 saturated carbocycles. The first kappa shape index (κ1) is 11.9. The molecular formula is C13H12ClNO2. The van der Waals surface area contributed by atoms with Crippen LogP contribution >= 0.6 is 11.6 Å². The molecule has 1 aliphatic rings. The summed E-state index contributed by atoms with van der Waals surface area (Å²) in [5.41, 5.74) is 1.37. The first-order valence-electron chi connectivity index (χ1n) is 5.17. The summed E-state index contributed by atoms with van der Waals surface area (Å²) < 4.78 is 5.33. The van der Waals surface area contributed by atoms with Gasteiger partial charge in [0.25, 0.3) is 0 Å². The monoisotopic (exact) mass is 249 g/mol. The highest BCUT2D eigenvalue weighted by atomic mass is 35.5. The van der Waals surface area contributed by atoms with E-state index in [1.165, 1.54) is 0 Å². The Kier molecular flexibility index (Phi) is 3.61. The number of methoxy groups -OCH3 is 1. The van der Waals surface area contributed by atoms with Crippen molar-refractivity contribution in [2.24, 2.45) is 0 Å². The molecule has 1 unspecified atom stereocenters. The van der Waals surface area contributed by atoms with Crippen LogP contribution in [0.4, 0.5) is 5.69 Å². The van der Waals surface area contributed by atoms with Crippen molar-refractivity contribution < 1.29 is 9.53 Å². The molecule has 2 rings (SSSR count). The van der Waals surface area contributed by atoms with E-state index in [2.05, 4.69) is 0 Å². The molecule has 17 heavy (non-hydrogen) atoms. The van der Waals surface area contributed by atoms with Gasteiger partial charge in [-0.05, 0) is 24.3 Å². The third-order valence-corrected chi connectivity index (χ3v) is 2.88. The van der Waals surface area contributed by atoms with Gasteiger partial charge in [0.1, 0.15) is 0 Å². The number of carbonyl (C=O) groups excluding carboxylic acids is 1. The van der Waals surface area contributed by atoms with Gasteiger partial charge >= 0.3 is 0 Å². The molecular weight excluding hydrogens is 238 g/mol. The normalized spacial score (nSPS) is 19.1. The lowest BCUT2D eigenvalue weighted by Crippen LogP contribution is -2.36. The zero-order chi connectivity index (χ0) is 12.3. The van der Waals surface area contributed by atoms with Crippen molar-refractivity contribution in [1.29, 1.82) is 0 Å². The van der Waals surface area contributed by atoms with Gasteiger partial charge in [0.2, 0.25) is 0 Å². The lowest BCUT2D eigenvalue weighted by atomic mass is 10.1. The molecule has 4 heteroatoms. The Balaban J connectivity index is 2.40. The molecule has 0 aliphatic carbocycles. The number of aldehydes is 1. The van der Waals surface area contributed by atoms with Crippen molar-refractivity contribution in [3.8, 4) is 0 Å². The van der Waals surface area contributed by atoms with Crippen molar-refractivity contribution in [1.82, 2.24) is 0 Å². The van der Waals surface area contributed by atoms with Crippen LogP contribution in [0.5, 0.6) is 0 Å². The minimum absolute atomic E-state index is 0.433. The number of para-hydroxylation sites is 1. The molecule has 1 atom stereocenters. The second kappa shape index (κ2) is 5.17. The fourth-order valence-electron chi connectivity index (χ4n) is 1.78. The maximum Gasteiger partial charge on any atom is 0.162 e. The van der Waals surface area contributed by atoms with Crippen molar-refractivity contribution in [3.05, 3.63) is 53.2 Å². The van der Waals surface area contributed by atoms with Crippen LogP contribution in [0, 0.1) is 0 Å². The minimum atomic E-state index is -0.433. The average Bonchev–Trinajstić information content (AvgIpc) is 2.38. The Labute approximate surface area is 105 Å². The van der Waals surface area contributed by atoms with Crippen LogP contribution < -0.4 is 4.90 Å². The summed E-state index contributed by atoms with van der Waals surface area (Å²) >= 11 is 6.13. The van der Waals surface area contributed by atoms with E-state index in [-0.39, 0.29) is 0 Å². The number of nitrogens with zero attached hydrogens (tertiary/aromatic N) is 1.